The van der Waals surface area contributed by atoms with Crippen molar-refractivity contribution in [3.8, 4) is 0 Å². The summed E-state index contributed by atoms with van der Waals surface area (Å²) in [6.07, 6.45) is 2.87. The van der Waals surface area contributed by atoms with E-state index in [0.29, 0.717) is 13.1 Å². The summed E-state index contributed by atoms with van der Waals surface area (Å²) in [7, 11) is 0. The number of aliphatic hydroxyl groups excluding tert-OH is 1. The molecule has 0 aromatic carbocycles. The Kier molecular flexibility index (Phi) is 4.19. The number of thiazole rings is 1. The first kappa shape index (κ1) is 12.2. The number of nitrogens with one attached hydrogen (secondary N) is 1. The summed E-state index contributed by atoms with van der Waals surface area (Å²) in [6.45, 7) is 3.19. The zero-order valence-electron chi connectivity index (χ0n) is 9.63. The van der Waals surface area contributed by atoms with Gasteiger partial charge in [-0.2, -0.15) is 0 Å². The second kappa shape index (κ2) is 5.86. The van der Waals surface area contributed by atoms with E-state index in [0.717, 1.165) is 16.3 Å². The van der Waals surface area contributed by atoms with Crippen LogP contribution < -0.4 is 5.32 Å². The van der Waals surface area contributed by atoms with Crippen molar-refractivity contribution in [1.29, 1.82) is 0 Å². The van der Waals surface area contributed by atoms with E-state index >= 15 is 0 Å². The lowest BCUT2D eigenvalue weighted by Gasteiger charge is -2.10. The highest BCUT2D eigenvalue weighted by Gasteiger charge is 2.06. The van der Waals surface area contributed by atoms with Crippen molar-refractivity contribution in [3.63, 3.8) is 0 Å². The number of hydrogen-bond acceptors (Lipinski definition) is 5. The van der Waals surface area contributed by atoms with Crippen LogP contribution in [0.1, 0.15) is 22.4 Å². The fourth-order valence-corrected chi connectivity index (χ4v) is 2.24. The van der Waals surface area contributed by atoms with Crippen molar-refractivity contribution in [2.24, 2.45) is 0 Å². The van der Waals surface area contributed by atoms with Crippen LogP contribution in [0.3, 0.4) is 0 Å². The molecule has 5 heteroatoms. The Morgan fingerprint density at radius 3 is 2.82 bits per heavy atom. The van der Waals surface area contributed by atoms with E-state index in [1.54, 1.807) is 23.7 Å². The lowest BCUT2D eigenvalue weighted by Crippen LogP contribution is -2.21. The van der Waals surface area contributed by atoms with E-state index < -0.39 is 6.10 Å². The standard InChI is InChI=1S/C12H15N3OS/c1-9-8-17-12(15-9)7-14-6-11(16)10-2-4-13-5-3-10/h2-5,8,11,14,16H,6-7H2,1H3. The van der Waals surface area contributed by atoms with Crippen LogP contribution in [0.2, 0.25) is 0 Å². The van der Waals surface area contributed by atoms with Crippen molar-refractivity contribution < 1.29 is 5.11 Å². The molecule has 0 amide bonds. The molecule has 0 aliphatic carbocycles. The summed E-state index contributed by atoms with van der Waals surface area (Å²) in [5, 5.41) is 16.2. The van der Waals surface area contributed by atoms with E-state index in [9.17, 15) is 5.11 Å². The lowest BCUT2D eigenvalue weighted by atomic mass is 10.1. The number of rotatable bonds is 5. The topological polar surface area (TPSA) is 58.0 Å². The Morgan fingerprint density at radius 2 is 2.18 bits per heavy atom. The molecule has 0 radical (unpaired) electrons. The monoisotopic (exact) mass is 249 g/mol. The summed E-state index contributed by atoms with van der Waals surface area (Å²) in [5.41, 5.74) is 1.92. The minimum absolute atomic E-state index is 0.501. The number of pyridine rings is 1. The molecule has 4 nitrogen and oxygen atoms in total. The van der Waals surface area contributed by atoms with Gasteiger partial charge in [0.1, 0.15) is 5.01 Å². The van der Waals surface area contributed by atoms with Crippen LogP contribution in [0.15, 0.2) is 29.9 Å². The van der Waals surface area contributed by atoms with Crippen molar-refractivity contribution in [1.82, 2.24) is 15.3 Å². The highest BCUT2D eigenvalue weighted by Crippen LogP contribution is 2.11. The van der Waals surface area contributed by atoms with Gasteiger partial charge in [-0.25, -0.2) is 4.98 Å². The zero-order valence-corrected chi connectivity index (χ0v) is 10.4. The van der Waals surface area contributed by atoms with E-state index in [2.05, 4.69) is 15.3 Å². The molecule has 0 fully saturated rings. The first-order valence-electron chi connectivity index (χ1n) is 5.45. The minimum Gasteiger partial charge on any atom is -0.387 e. The van der Waals surface area contributed by atoms with E-state index in [-0.39, 0.29) is 0 Å². The highest BCUT2D eigenvalue weighted by molar-refractivity contribution is 7.09. The molecule has 17 heavy (non-hydrogen) atoms. The molecule has 2 heterocycles. The SMILES string of the molecule is Cc1csc(CNCC(O)c2ccncc2)n1. The van der Waals surface area contributed by atoms with Crippen molar-refractivity contribution >= 4 is 11.3 Å². The van der Waals surface area contributed by atoms with Gasteiger partial charge in [0.2, 0.25) is 0 Å². The zero-order chi connectivity index (χ0) is 12.1. The van der Waals surface area contributed by atoms with Gasteiger partial charge >= 0.3 is 0 Å². The summed E-state index contributed by atoms with van der Waals surface area (Å²) in [5.74, 6) is 0. The number of nitrogens with zero attached hydrogens (tertiary/aromatic N) is 2. The molecule has 2 N–H and O–H groups in total. The normalized spacial score (nSPS) is 12.6. The minimum atomic E-state index is -0.501. The first-order valence-corrected chi connectivity index (χ1v) is 6.33. The predicted octanol–water partition coefficient (Wildman–Crippen LogP) is 1.67. The molecule has 2 rings (SSSR count). The number of aromatic nitrogens is 2. The predicted molar refractivity (Wildman–Crippen MR) is 67.8 cm³/mol. The van der Waals surface area contributed by atoms with Gasteiger partial charge < -0.3 is 10.4 Å². The van der Waals surface area contributed by atoms with Gasteiger partial charge in [-0.3, -0.25) is 4.98 Å². The first-order chi connectivity index (χ1) is 8.25. The highest BCUT2D eigenvalue weighted by atomic mass is 32.1. The van der Waals surface area contributed by atoms with Crippen LogP contribution in [-0.4, -0.2) is 21.6 Å². The van der Waals surface area contributed by atoms with E-state index in [1.807, 2.05) is 24.4 Å². The molecule has 2 aromatic heterocycles. The van der Waals surface area contributed by atoms with Gasteiger partial charge in [0.05, 0.1) is 6.10 Å². The largest absolute Gasteiger partial charge is 0.387 e. The third-order valence-corrected chi connectivity index (χ3v) is 3.34. The van der Waals surface area contributed by atoms with Gasteiger partial charge in [0, 0.05) is 36.6 Å². The molecule has 90 valence electrons. The maximum absolute atomic E-state index is 9.90. The maximum atomic E-state index is 9.90. The molecule has 0 spiro atoms. The average molecular weight is 249 g/mol. The molecule has 0 aliphatic heterocycles. The van der Waals surface area contributed by atoms with Crippen LogP contribution in [0.5, 0.6) is 0 Å². The molecular formula is C12H15N3OS. The van der Waals surface area contributed by atoms with E-state index in [1.165, 1.54) is 0 Å². The smallest absolute Gasteiger partial charge is 0.107 e. The third-order valence-electron chi connectivity index (χ3n) is 2.37. The average Bonchev–Trinajstić information content (AvgIpc) is 2.76. The van der Waals surface area contributed by atoms with Crippen LogP contribution in [0.25, 0.3) is 0 Å². The van der Waals surface area contributed by atoms with Crippen LogP contribution in [0, 0.1) is 6.92 Å². The second-order valence-electron chi connectivity index (χ2n) is 3.81. The van der Waals surface area contributed by atoms with Gasteiger partial charge in [0.25, 0.3) is 0 Å². The number of aryl methyl sites for hydroxylation is 1. The number of hydrogen-bond donors (Lipinski definition) is 2. The molecule has 0 saturated carbocycles. The summed E-state index contributed by atoms with van der Waals surface area (Å²) >= 11 is 1.63. The summed E-state index contributed by atoms with van der Waals surface area (Å²) < 4.78 is 0. The van der Waals surface area contributed by atoms with Gasteiger partial charge in [-0.05, 0) is 24.6 Å². The van der Waals surface area contributed by atoms with Crippen molar-refractivity contribution in [2.75, 3.05) is 6.54 Å². The Morgan fingerprint density at radius 1 is 1.41 bits per heavy atom. The summed E-state index contributed by atoms with van der Waals surface area (Å²) in [4.78, 5) is 8.26. The number of aliphatic hydroxyl groups is 1. The van der Waals surface area contributed by atoms with Crippen molar-refractivity contribution in [3.05, 3.63) is 46.2 Å². The van der Waals surface area contributed by atoms with Crippen LogP contribution >= 0.6 is 11.3 Å². The third kappa shape index (κ3) is 3.59. The van der Waals surface area contributed by atoms with E-state index in [4.69, 9.17) is 0 Å². The quantitative estimate of drug-likeness (QED) is 0.846. The second-order valence-corrected chi connectivity index (χ2v) is 4.75. The van der Waals surface area contributed by atoms with Crippen LogP contribution in [-0.2, 0) is 6.54 Å². The Labute approximate surface area is 104 Å². The molecule has 0 saturated heterocycles. The Hall–Kier alpha value is -1.30. The lowest BCUT2D eigenvalue weighted by molar-refractivity contribution is 0.174. The Balaban J connectivity index is 1.79. The fraction of sp³-hybridized carbons (Fsp3) is 0.333. The fourth-order valence-electron chi connectivity index (χ4n) is 1.50. The van der Waals surface area contributed by atoms with Gasteiger partial charge in [0.15, 0.2) is 0 Å². The Bertz CT molecular complexity index is 458. The molecule has 2 aromatic rings. The molecule has 1 atom stereocenters. The van der Waals surface area contributed by atoms with Crippen molar-refractivity contribution in [2.45, 2.75) is 19.6 Å². The van der Waals surface area contributed by atoms with Crippen LogP contribution in [0.4, 0.5) is 0 Å². The van der Waals surface area contributed by atoms with Gasteiger partial charge in [-0.15, -0.1) is 11.3 Å². The summed E-state index contributed by atoms with van der Waals surface area (Å²) in [6, 6.07) is 3.64. The molecule has 0 bridgehead atoms. The molecule has 0 aliphatic rings. The van der Waals surface area contributed by atoms with Gasteiger partial charge in [-0.1, -0.05) is 0 Å². The molecular weight excluding hydrogens is 234 g/mol. The molecule has 1 unspecified atom stereocenters. The maximum Gasteiger partial charge on any atom is 0.107 e.